The summed E-state index contributed by atoms with van der Waals surface area (Å²) in [6, 6.07) is 0.529. The van der Waals surface area contributed by atoms with E-state index < -0.39 is 0 Å². The maximum atomic E-state index is 11.8. The fraction of sp³-hybridized carbons (Fsp3) is 0.917. The largest absolute Gasteiger partial charge is 0.342 e. The van der Waals surface area contributed by atoms with Crippen LogP contribution in [0, 0.1) is 0 Å². The van der Waals surface area contributed by atoms with E-state index in [0.29, 0.717) is 12.6 Å². The van der Waals surface area contributed by atoms with Crippen LogP contribution in [0.3, 0.4) is 0 Å². The molecule has 2 N–H and O–H groups in total. The Labute approximate surface area is 97.8 Å². The summed E-state index contributed by atoms with van der Waals surface area (Å²) in [6.45, 7) is 4.66. The molecule has 0 radical (unpaired) electrons. The summed E-state index contributed by atoms with van der Waals surface area (Å²) in [5, 5.41) is 6.79. The molecule has 16 heavy (non-hydrogen) atoms. The Hall–Kier alpha value is -0.610. The number of likely N-dealkylation sites (tertiary alicyclic amines) is 1. The van der Waals surface area contributed by atoms with Gasteiger partial charge in [0.25, 0.3) is 0 Å². The fourth-order valence-electron chi connectivity index (χ4n) is 2.53. The molecule has 0 spiro atoms. The topological polar surface area (TPSA) is 44.4 Å². The molecule has 2 aliphatic rings. The monoisotopic (exact) mass is 225 g/mol. The van der Waals surface area contributed by atoms with Gasteiger partial charge in [-0.15, -0.1) is 0 Å². The summed E-state index contributed by atoms with van der Waals surface area (Å²) in [6.07, 6.45) is 5.92. The van der Waals surface area contributed by atoms with Gasteiger partial charge in [-0.2, -0.15) is 0 Å². The standard InChI is InChI=1S/C12H23N3O/c16-12(15-8-1-2-9-15)10-14-11-4-3-6-13-7-5-11/h11,13-14H,1-10H2. The summed E-state index contributed by atoms with van der Waals surface area (Å²) in [5.74, 6) is 0.287. The third-order valence-corrected chi connectivity index (χ3v) is 3.58. The molecule has 2 fully saturated rings. The quantitative estimate of drug-likeness (QED) is 0.728. The lowest BCUT2D eigenvalue weighted by atomic mass is 10.1. The van der Waals surface area contributed by atoms with Crippen molar-refractivity contribution in [1.29, 1.82) is 0 Å². The van der Waals surface area contributed by atoms with Crippen LogP contribution in [-0.2, 0) is 4.79 Å². The lowest BCUT2D eigenvalue weighted by molar-refractivity contribution is -0.129. The number of carbonyl (C=O) groups is 1. The smallest absolute Gasteiger partial charge is 0.236 e. The van der Waals surface area contributed by atoms with Gasteiger partial charge in [0.1, 0.15) is 0 Å². The summed E-state index contributed by atoms with van der Waals surface area (Å²) in [5.41, 5.74) is 0. The van der Waals surface area contributed by atoms with Crippen molar-refractivity contribution in [3.8, 4) is 0 Å². The van der Waals surface area contributed by atoms with Crippen LogP contribution < -0.4 is 10.6 Å². The van der Waals surface area contributed by atoms with Crippen LogP contribution in [0.4, 0.5) is 0 Å². The molecular formula is C12H23N3O. The van der Waals surface area contributed by atoms with E-state index in [1.54, 1.807) is 0 Å². The van der Waals surface area contributed by atoms with Gasteiger partial charge in [-0.3, -0.25) is 4.79 Å². The lowest BCUT2D eigenvalue weighted by Crippen LogP contribution is -2.40. The van der Waals surface area contributed by atoms with Crippen LogP contribution in [0.2, 0.25) is 0 Å². The van der Waals surface area contributed by atoms with Gasteiger partial charge >= 0.3 is 0 Å². The second kappa shape index (κ2) is 6.21. The van der Waals surface area contributed by atoms with Crippen LogP contribution in [0.5, 0.6) is 0 Å². The van der Waals surface area contributed by atoms with Gasteiger partial charge in [-0.25, -0.2) is 0 Å². The fourth-order valence-corrected chi connectivity index (χ4v) is 2.53. The van der Waals surface area contributed by atoms with Crippen LogP contribution in [0.1, 0.15) is 32.1 Å². The van der Waals surface area contributed by atoms with Crippen molar-refractivity contribution in [2.45, 2.75) is 38.1 Å². The highest BCUT2D eigenvalue weighted by atomic mass is 16.2. The zero-order valence-corrected chi connectivity index (χ0v) is 10.0. The predicted molar refractivity (Wildman–Crippen MR) is 64.3 cm³/mol. The molecule has 0 aromatic rings. The van der Waals surface area contributed by atoms with Crippen LogP contribution in [-0.4, -0.2) is 49.6 Å². The van der Waals surface area contributed by atoms with Crippen molar-refractivity contribution in [3.05, 3.63) is 0 Å². The van der Waals surface area contributed by atoms with Gasteiger partial charge in [0.05, 0.1) is 6.54 Å². The average molecular weight is 225 g/mol. The van der Waals surface area contributed by atoms with Crippen molar-refractivity contribution >= 4 is 5.91 Å². The highest BCUT2D eigenvalue weighted by Crippen LogP contribution is 2.08. The van der Waals surface area contributed by atoms with Crippen molar-refractivity contribution in [2.75, 3.05) is 32.7 Å². The van der Waals surface area contributed by atoms with Gasteiger partial charge < -0.3 is 15.5 Å². The molecule has 4 nitrogen and oxygen atoms in total. The van der Waals surface area contributed by atoms with E-state index in [9.17, 15) is 4.79 Å². The number of rotatable bonds is 3. The second-order valence-electron chi connectivity index (χ2n) is 4.85. The van der Waals surface area contributed by atoms with Gasteiger partial charge in [0.15, 0.2) is 0 Å². The highest BCUT2D eigenvalue weighted by Gasteiger charge is 2.19. The van der Waals surface area contributed by atoms with E-state index in [1.807, 2.05) is 4.90 Å². The van der Waals surface area contributed by atoms with Crippen LogP contribution >= 0.6 is 0 Å². The van der Waals surface area contributed by atoms with Crippen molar-refractivity contribution in [1.82, 2.24) is 15.5 Å². The first-order valence-electron chi connectivity index (χ1n) is 6.58. The van der Waals surface area contributed by atoms with Crippen molar-refractivity contribution in [2.24, 2.45) is 0 Å². The van der Waals surface area contributed by atoms with E-state index in [4.69, 9.17) is 0 Å². The van der Waals surface area contributed by atoms with Crippen molar-refractivity contribution < 1.29 is 4.79 Å². The minimum absolute atomic E-state index is 0.287. The Balaban J connectivity index is 1.67. The SMILES string of the molecule is O=C(CNC1CCCNCC1)N1CCCC1. The predicted octanol–water partition coefficient (Wildman–Crippen LogP) is 0.341. The first-order chi connectivity index (χ1) is 7.86. The zero-order chi connectivity index (χ0) is 11.2. The summed E-state index contributed by atoms with van der Waals surface area (Å²) >= 11 is 0. The van der Waals surface area contributed by atoms with E-state index in [-0.39, 0.29) is 5.91 Å². The van der Waals surface area contributed by atoms with Gasteiger partial charge in [0, 0.05) is 19.1 Å². The highest BCUT2D eigenvalue weighted by molar-refractivity contribution is 5.78. The molecule has 92 valence electrons. The number of amides is 1. The van der Waals surface area contributed by atoms with E-state index >= 15 is 0 Å². The molecule has 1 amide bonds. The van der Waals surface area contributed by atoms with Gasteiger partial charge in [0.2, 0.25) is 5.91 Å². The third kappa shape index (κ3) is 3.46. The Morgan fingerprint density at radius 1 is 1.19 bits per heavy atom. The molecule has 4 heteroatoms. The Morgan fingerprint density at radius 3 is 2.81 bits per heavy atom. The molecule has 0 aromatic heterocycles. The molecule has 2 saturated heterocycles. The Morgan fingerprint density at radius 2 is 2.00 bits per heavy atom. The molecule has 0 saturated carbocycles. The van der Waals surface area contributed by atoms with E-state index in [1.165, 1.54) is 25.7 Å². The minimum atomic E-state index is 0.287. The molecule has 1 unspecified atom stereocenters. The zero-order valence-electron chi connectivity index (χ0n) is 10.0. The number of nitrogens with one attached hydrogen (secondary N) is 2. The molecular weight excluding hydrogens is 202 g/mol. The number of nitrogens with zero attached hydrogens (tertiary/aromatic N) is 1. The summed E-state index contributed by atoms with van der Waals surface area (Å²) in [7, 11) is 0. The summed E-state index contributed by atoms with van der Waals surface area (Å²) in [4.78, 5) is 13.8. The van der Waals surface area contributed by atoms with E-state index in [2.05, 4.69) is 10.6 Å². The first-order valence-corrected chi connectivity index (χ1v) is 6.58. The number of carbonyl (C=O) groups excluding carboxylic acids is 1. The molecule has 0 aromatic carbocycles. The Bertz CT molecular complexity index is 218. The molecule has 1 atom stereocenters. The summed E-state index contributed by atoms with van der Waals surface area (Å²) < 4.78 is 0. The number of hydrogen-bond donors (Lipinski definition) is 2. The average Bonchev–Trinajstić information content (AvgIpc) is 2.71. The maximum absolute atomic E-state index is 11.8. The molecule has 0 aliphatic carbocycles. The number of hydrogen-bond acceptors (Lipinski definition) is 3. The third-order valence-electron chi connectivity index (χ3n) is 3.58. The Kier molecular flexibility index (Phi) is 4.60. The lowest BCUT2D eigenvalue weighted by Gasteiger charge is -2.19. The molecule has 0 bridgehead atoms. The van der Waals surface area contributed by atoms with E-state index in [0.717, 1.165) is 32.6 Å². The van der Waals surface area contributed by atoms with Crippen LogP contribution in [0.15, 0.2) is 0 Å². The van der Waals surface area contributed by atoms with Crippen molar-refractivity contribution in [3.63, 3.8) is 0 Å². The molecule has 2 rings (SSSR count). The maximum Gasteiger partial charge on any atom is 0.236 e. The molecule has 2 heterocycles. The molecule has 2 aliphatic heterocycles. The van der Waals surface area contributed by atoms with Crippen LogP contribution in [0.25, 0.3) is 0 Å². The minimum Gasteiger partial charge on any atom is -0.342 e. The normalized spacial score (nSPS) is 26.8. The van der Waals surface area contributed by atoms with Gasteiger partial charge in [-0.1, -0.05) is 0 Å². The van der Waals surface area contributed by atoms with Gasteiger partial charge in [-0.05, 0) is 45.2 Å². The first kappa shape index (κ1) is 11.9. The second-order valence-corrected chi connectivity index (χ2v) is 4.85.